The van der Waals surface area contributed by atoms with Gasteiger partial charge in [-0.3, -0.25) is 4.79 Å². The van der Waals surface area contributed by atoms with Crippen LogP contribution in [-0.2, 0) is 9.53 Å². The molecule has 0 atom stereocenters. The second-order valence-electron chi connectivity index (χ2n) is 5.56. The SMILES string of the molecule is F[P-](F)(F)(F)(F)F.O=C1CCCN1CCOCC[N+]1=C(O)CCC1. The minimum absolute atomic E-state index is 0.249. The number of aliphatic hydroxyl groups is 1. The largest absolute Gasteiger partial charge is 0.464 e. The molecule has 0 aromatic rings. The molecule has 1 saturated heterocycles. The van der Waals surface area contributed by atoms with Gasteiger partial charge in [-0.15, -0.1) is 0 Å². The Morgan fingerprint density at radius 1 is 1.08 bits per heavy atom. The molecular weight excluding hydrogens is 365 g/mol. The number of amides is 1. The first-order valence-electron chi connectivity index (χ1n) is 7.44. The Kier molecular flexibility index (Phi) is 6.14. The molecular formula is C12H21F6N2O3P. The molecule has 12 heteroatoms. The number of ether oxygens (including phenoxy) is 1. The van der Waals surface area contributed by atoms with E-state index in [1.54, 1.807) is 0 Å². The van der Waals surface area contributed by atoms with Crippen LogP contribution in [0.3, 0.4) is 0 Å². The number of aliphatic hydroxyl groups excluding tert-OH is 1. The molecule has 0 aliphatic carbocycles. The van der Waals surface area contributed by atoms with Crippen LogP contribution in [0, 0.1) is 0 Å². The number of carbonyl (C=O) groups is 1. The number of rotatable bonds is 6. The van der Waals surface area contributed by atoms with Gasteiger partial charge < -0.3 is 14.7 Å². The van der Waals surface area contributed by atoms with Gasteiger partial charge in [0.2, 0.25) is 5.91 Å². The molecule has 0 spiro atoms. The van der Waals surface area contributed by atoms with Crippen molar-refractivity contribution in [2.45, 2.75) is 25.7 Å². The molecule has 1 amide bonds. The molecule has 2 aliphatic heterocycles. The Morgan fingerprint density at radius 2 is 1.71 bits per heavy atom. The van der Waals surface area contributed by atoms with E-state index in [1.807, 2.05) is 9.48 Å². The first-order chi connectivity index (χ1) is 10.7. The van der Waals surface area contributed by atoms with Crippen LogP contribution in [-0.4, -0.2) is 65.8 Å². The van der Waals surface area contributed by atoms with Crippen LogP contribution in [0.4, 0.5) is 25.2 Å². The van der Waals surface area contributed by atoms with Crippen LogP contribution in [0.15, 0.2) is 0 Å². The van der Waals surface area contributed by atoms with Gasteiger partial charge in [0, 0.05) is 25.9 Å². The summed E-state index contributed by atoms with van der Waals surface area (Å²) in [4.78, 5) is 13.2. The predicted octanol–water partition coefficient (Wildman–Crippen LogP) is 3.77. The molecule has 0 radical (unpaired) electrons. The summed E-state index contributed by atoms with van der Waals surface area (Å²) in [6.07, 6.45) is 3.50. The maximum Gasteiger partial charge on any atom is 0.334 e. The van der Waals surface area contributed by atoms with Crippen LogP contribution in [0.1, 0.15) is 25.7 Å². The van der Waals surface area contributed by atoms with E-state index in [2.05, 4.69) is 0 Å². The topological polar surface area (TPSA) is 52.8 Å². The molecule has 5 nitrogen and oxygen atoms in total. The summed E-state index contributed by atoms with van der Waals surface area (Å²) >= 11 is 0. The van der Waals surface area contributed by atoms with Crippen molar-refractivity contribution in [3.8, 4) is 0 Å². The average molecular weight is 386 g/mol. The molecule has 1 fully saturated rings. The van der Waals surface area contributed by atoms with Gasteiger partial charge in [0.25, 0.3) is 0 Å². The van der Waals surface area contributed by atoms with E-state index >= 15 is 0 Å². The number of likely N-dealkylation sites (tertiary alicyclic amines) is 1. The molecule has 0 aromatic heterocycles. The fourth-order valence-electron chi connectivity index (χ4n) is 2.35. The van der Waals surface area contributed by atoms with Crippen molar-refractivity contribution in [2.24, 2.45) is 0 Å². The van der Waals surface area contributed by atoms with Crippen molar-refractivity contribution in [2.75, 3.05) is 39.4 Å². The Morgan fingerprint density at radius 3 is 2.17 bits per heavy atom. The maximum atomic E-state index is 11.3. The molecule has 0 aromatic carbocycles. The number of nitrogens with zero attached hydrogens (tertiary/aromatic N) is 2. The Balaban J connectivity index is 0.000000351. The van der Waals surface area contributed by atoms with E-state index in [0.717, 1.165) is 38.9 Å². The summed E-state index contributed by atoms with van der Waals surface area (Å²) in [5, 5.41) is 9.49. The molecule has 2 aliphatic rings. The number of carbonyl (C=O) groups excluding carboxylic acids is 1. The number of halogens is 6. The summed E-state index contributed by atoms with van der Waals surface area (Å²) in [6, 6.07) is 0. The fraction of sp³-hybridized carbons (Fsp3) is 0.833. The summed E-state index contributed by atoms with van der Waals surface area (Å²) in [5.74, 6) is 0.738. The van der Waals surface area contributed by atoms with E-state index in [9.17, 15) is 35.1 Å². The fourth-order valence-corrected chi connectivity index (χ4v) is 2.35. The Bertz CT molecular complexity index is 482. The summed E-state index contributed by atoms with van der Waals surface area (Å²) in [6.45, 7) is 4.48. The van der Waals surface area contributed by atoms with Crippen LogP contribution in [0.5, 0.6) is 0 Å². The van der Waals surface area contributed by atoms with Gasteiger partial charge in [-0.1, -0.05) is 0 Å². The van der Waals surface area contributed by atoms with Crippen molar-refractivity contribution in [3.05, 3.63) is 0 Å². The molecule has 0 bridgehead atoms. The van der Waals surface area contributed by atoms with Crippen LogP contribution >= 0.6 is 7.81 Å². The molecule has 2 rings (SSSR count). The van der Waals surface area contributed by atoms with Crippen LogP contribution in [0.2, 0.25) is 0 Å². The van der Waals surface area contributed by atoms with Gasteiger partial charge in [-0.05, 0) is 6.42 Å². The quantitative estimate of drug-likeness (QED) is 0.327. The third kappa shape index (κ3) is 11.4. The summed E-state index contributed by atoms with van der Waals surface area (Å²) < 4.78 is 66.6. The van der Waals surface area contributed by atoms with E-state index < -0.39 is 7.81 Å². The number of hydrogen-bond donors (Lipinski definition) is 1. The zero-order valence-corrected chi connectivity index (χ0v) is 13.8. The van der Waals surface area contributed by atoms with Gasteiger partial charge in [-0.2, -0.15) is 0 Å². The van der Waals surface area contributed by atoms with Gasteiger partial charge in [0.1, 0.15) is 13.2 Å². The van der Waals surface area contributed by atoms with Gasteiger partial charge in [0.15, 0.2) is 6.54 Å². The average Bonchev–Trinajstić information content (AvgIpc) is 2.95. The van der Waals surface area contributed by atoms with Crippen molar-refractivity contribution in [1.82, 2.24) is 4.90 Å². The monoisotopic (exact) mass is 386 g/mol. The van der Waals surface area contributed by atoms with Gasteiger partial charge in [0.05, 0.1) is 13.0 Å². The van der Waals surface area contributed by atoms with Crippen molar-refractivity contribution >= 4 is 19.6 Å². The zero-order valence-electron chi connectivity index (χ0n) is 12.9. The third-order valence-electron chi connectivity index (χ3n) is 3.38. The minimum Gasteiger partial charge on any atom is -0.464 e. The molecule has 0 unspecified atom stereocenters. The summed E-state index contributed by atoms with van der Waals surface area (Å²) in [5.41, 5.74) is 0. The Hall–Kier alpha value is -1.09. The summed E-state index contributed by atoms with van der Waals surface area (Å²) in [7, 11) is -10.7. The molecule has 144 valence electrons. The van der Waals surface area contributed by atoms with E-state index in [-0.39, 0.29) is 5.91 Å². The van der Waals surface area contributed by atoms with Gasteiger partial charge >= 0.3 is 38.9 Å². The molecule has 2 heterocycles. The second kappa shape index (κ2) is 7.03. The van der Waals surface area contributed by atoms with Crippen molar-refractivity contribution in [1.29, 1.82) is 0 Å². The normalized spacial score (nSPS) is 21.4. The maximum absolute atomic E-state index is 11.3. The van der Waals surface area contributed by atoms with Gasteiger partial charge in [-0.25, -0.2) is 4.58 Å². The molecule has 1 N–H and O–H groups in total. The van der Waals surface area contributed by atoms with Crippen LogP contribution < -0.4 is 0 Å². The van der Waals surface area contributed by atoms with E-state index in [0.29, 0.717) is 32.1 Å². The first-order valence-corrected chi connectivity index (χ1v) is 9.47. The third-order valence-corrected chi connectivity index (χ3v) is 3.38. The van der Waals surface area contributed by atoms with Crippen molar-refractivity contribution < 1.29 is 44.4 Å². The van der Waals surface area contributed by atoms with E-state index in [1.165, 1.54) is 0 Å². The predicted molar refractivity (Wildman–Crippen MR) is 77.1 cm³/mol. The zero-order chi connectivity index (χ0) is 18.5. The van der Waals surface area contributed by atoms with E-state index in [4.69, 9.17) is 4.74 Å². The Labute approximate surface area is 135 Å². The minimum atomic E-state index is -10.7. The standard InChI is InChI=1S/C12H20N2O3.F6P/c15-11-3-1-5-13(11)7-9-17-10-8-14-6-2-4-12(14)16;1-7(2,3,4,5)6/h1-10H2;/q;-1/p+1. The smallest absolute Gasteiger partial charge is 0.334 e. The van der Waals surface area contributed by atoms with Crippen LogP contribution in [0.25, 0.3) is 0 Å². The van der Waals surface area contributed by atoms with Crippen molar-refractivity contribution in [3.63, 3.8) is 0 Å². The molecule has 24 heavy (non-hydrogen) atoms. The first kappa shape index (κ1) is 21.0. The number of hydrogen-bond acceptors (Lipinski definition) is 2. The second-order valence-corrected chi connectivity index (χ2v) is 7.48. The molecule has 0 saturated carbocycles.